The van der Waals surface area contributed by atoms with Crippen LogP contribution in [0.15, 0.2) is 45.6 Å². The van der Waals surface area contributed by atoms with Crippen molar-refractivity contribution in [2.45, 2.75) is 13.8 Å². The third kappa shape index (κ3) is 2.85. The first-order valence-electron chi connectivity index (χ1n) is 6.79. The highest BCUT2D eigenvalue weighted by Crippen LogP contribution is 2.19. The standard InChI is InChI=1S/C16H15N3O3/c1-9-3-4-10(2)13(7-9)18-15(20)17-11-5-6-12-14(8-11)22-16(21)19-12/h3-8H,1-2H3,(H,19,21)(H2,17,18,20). The fourth-order valence-electron chi connectivity index (χ4n) is 2.18. The van der Waals surface area contributed by atoms with Crippen molar-refractivity contribution in [3.05, 3.63) is 58.1 Å². The van der Waals surface area contributed by atoms with Gasteiger partial charge in [-0.25, -0.2) is 9.59 Å². The van der Waals surface area contributed by atoms with E-state index in [0.717, 1.165) is 16.8 Å². The van der Waals surface area contributed by atoms with Gasteiger partial charge in [0.25, 0.3) is 0 Å². The molecular formula is C16H15N3O3. The normalized spacial score (nSPS) is 10.6. The molecule has 0 spiro atoms. The van der Waals surface area contributed by atoms with Gasteiger partial charge in [0.15, 0.2) is 5.58 Å². The molecule has 0 bridgehead atoms. The van der Waals surface area contributed by atoms with Gasteiger partial charge < -0.3 is 15.1 Å². The van der Waals surface area contributed by atoms with E-state index in [-0.39, 0.29) is 6.03 Å². The number of benzene rings is 2. The molecule has 0 radical (unpaired) electrons. The molecule has 0 saturated heterocycles. The summed E-state index contributed by atoms with van der Waals surface area (Å²) in [6.07, 6.45) is 0. The second-order valence-electron chi connectivity index (χ2n) is 5.12. The molecule has 6 heteroatoms. The molecule has 3 aromatic rings. The van der Waals surface area contributed by atoms with Crippen molar-refractivity contribution < 1.29 is 9.21 Å². The third-order valence-electron chi connectivity index (χ3n) is 3.32. The maximum atomic E-state index is 12.1. The molecule has 2 amide bonds. The monoisotopic (exact) mass is 297 g/mol. The van der Waals surface area contributed by atoms with E-state index in [4.69, 9.17) is 4.42 Å². The summed E-state index contributed by atoms with van der Waals surface area (Å²) in [5.74, 6) is -0.521. The number of H-pyrrole nitrogens is 1. The average Bonchev–Trinajstić information content (AvgIpc) is 2.82. The van der Waals surface area contributed by atoms with E-state index in [0.29, 0.717) is 16.8 Å². The molecule has 0 aliphatic heterocycles. The van der Waals surface area contributed by atoms with Gasteiger partial charge in [0.1, 0.15) is 0 Å². The highest BCUT2D eigenvalue weighted by Gasteiger charge is 2.07. The second-order valence-corrected chi connectivity index (χ2v) is 5.12. The summed E-state index contributed by atoms with van der Waals surface area (Å²) in [6.45, 7) is 3.89. The van der Waals surface area contributed by atoms with Crippen LogP contribution in [0.5, 0.6) is 0 Å². The topological polar surface area (TPSA) is 87.1 Å². The van der Waals surface area contributed by atoms with E-state index in [1.165, 1.54) is 0 Å². The highest BCUT2D eigenvalue weighted by atomic mass is 16.4. The van der Waals surface area contributed by atoms with Crippen molar-refractivity contribution in [1.82, 2.24) is 4.98 Å². The minimum absolute atomic E-state index is 0.356. The zero-order valence-corrected chi connectivity index (χ0v) is 12.2. The van der Waals surface area contributed by atoms with Crippen molar-refractivity contribution >= 4 is 28.5 Å². The molecule has 0 atom stereocenters. The van der Waals surface area contributed by atoms with Crippen molar-refractivity contribution in [2.75, 3.05) is 10.6 Å². The number of hydrogen-bond donors (Lipinski definition) is 3. The van der Waals surface area contributed by atoms with Gasteiger partial charge in [0.2, 0.25) is 0 Å². The van der Waals surface area contributed by atoms with E-state index in [1.54, 1.807) is 18.2 Å². The molecule has 0 aliphatic rings. The summed E-state index contributed by atoms with van der Waals surface area (Å²) in [5, 5.41) is 5.52. The Bertz CT molecular complexity index is 908. The van der Waals surface area contributed by atoms with Crippen LogP contribution in [-0.4, -0.2) is 11.0 Å². The maximum absolute atomic E-state index is 12.1. The Labute approximate surface area is 126 Å². The molecule has 1 aromatic heterocycles. The Morgan fingerprint density at radius 2 is 1.91 bits per heavy atom. The van der Waals surface area contributed by atoms with Crippen molar-refractivity contribution in [2.24, 2.45) is 0 Å². The van der Waals surface area contributed by atoms with Crippen molar-refractivity contribution in [1.29, 1.82) is 0 Å². The first-order valence-corrected chi connectivity index (χ1v) is 6.79. The predicted octanol–water partition coefficient (Wildman–Crippen LogP) is 3.38. The predicted molar refractivity (Wildman–Crippen MR) is 85.4 cm³/mol. The molecule has 22 heavy (non-hydrogen) atoms. The number of carbonyl (C=O) groups is 1. The number of aryl methyl sites for hydroxylation is 2. The molecule has 0 unspecified atom stereocenters. The summed E-state index contributed by atoms with van der Waals surface area (Å²) in [4.78, 5) is 25.7. The fourth-order valence-corrected chi connectivity index (χ4v) is 2.18. The Kier molecular flexibility index (Phi) is 3.42. The lowest BCUT2D eigenvalue weighted by molar-refractivity contribution is 0.262. The Morgan fingerprint density at radius 3 is 2.73 bits per heavy atom. The largest absolute Gasteiger partial charge is 0.417 e. The Hall–Kier alpha value is -3.02. The van der Waals surface area contributed by atoms with Gasteiger partial charge in [-0.3, -0.25) is 4.98 Å². The first kappa shape index (κ1) is 13.9. The summed E-state index contributed by atoms with van der Waals surface area (Å²) in [7, 11) is 0. The Morgan fingerprint density at radius 1 is 1.09 bits per heavy atom. The molecule has 0 aliphatic carbocycles. The van der Waals surface area contributed by atoms with Gasteiger partial charge in [-0.1, -0.05) is 12.1 Å². The maximum Gasteiger partial charge on any atom is 0.417 e. The highest BCUT2D eigenvalue weighted by molar-refractivity contribution is 6.01. The van der Waals surface area contributed by atoms with Crippen LogP contribution in [-0.2, 0) is 0 Å². The number of aromatic nitrogens is 1. The molecule has 3 N–H and O–H groups in total. The van der Waals surface area contributed by atoms with Crippen LogP contribution < -0.4 is 16.4 Å². The van der Waals surface area contributed by atoms with Gasteiger partial charge in [0, 0.05) is 17.4 Å². The van der Waals surface area contributed by atoms with Crippen LogP contribution >= 0.6 is 0 Å². The van der Waals surface area contributed by atoms with E-state index in [2.05, 4.69) is 15.6 Å². The van der Waals surface area contributed by atoms with E-state index >= 15 is 0 Å². The smallest absolute Gasteiger partial charge is 0.408 e. The summed E-state index contributed by atoms with van der Waals surface area (Å²) < 4.78 is 4.96. The zero-order valence-electron chi connectivity index (χ0n) is 12.2. The van der Waals surface area contributed by atoms with Gasteiger partial charge in [-0.15, -0.1) is 0 Å². The van der Waals surface area contributed by atoms with Crippen LogP contribution in [0.25, 0.3) is 11.1 Å². The number of oxazole rings is 1. The molecule has 2 aromatic carbocycles. The lowest BCUT2D eigenvalue weighted by Crippen LogP contribution is -2.20. The molecule has 0 fully saturated rings. The van der Waals surface area contributed by atoms with E-state index in [9.17, 15) is 9.59 Å². The van der Waals surface area contributed by atoms with Crippen LogP contribution in [0.1, 0.15) is 11.1 Å². The number of fused-ring (bicyclic) bond motifs is 1. The fraction of sp³-hybridized carbons (Fsp3) is 0.125. The third-order valence-corrected chi connectivity index (χ3v) is 3.32. The van der Waals surface area contributed by atoms with Crippen LogP contribution in [0.3, 0.4) is 0 Å². The minimum Gasteiger partial charge on any atom is -0.408 e. The summed E-state index contributed by atoms with van der Waals surface area (Å²) in [5.41, 5.74) is 4.33. The lowest BCUT2D eigenvalue weighted by Gasteiger charge is -2.10. The SMILES string of the molecule is Cc1ccc(C)c(NC(=O)Nc2ccc3[nH]c(=O)oc3c2)c1. The van der Waals surface area contributed by atoms with E-state index in [1.807, 2.05) is 32.0 Å². The number of carbonyl (C=O) groups excluding carboxylic acids is 1. The first-order chi connectivity index (χ1) is 10.5. The summed E-state index contributed by atoms with van der Waals surface area (Å²) >= 11 is 0. The number of hydrogen-bond acceptors (Lipinski definition) is 3. The zero-order chi connectivity index (χ0) is 15.7. The van der Waals surface area contributed by atoms with Crippen LogP contribution in [0.4, 0.5) is 16.2 Å². The second kappa shape index (κ2) is 5.40. The van der Waals surface area contributed by atoms with Crippen LogP contribution in [0, 0.1) is 13.8 Å². The molecule has 6 nitrogen and oxygen atoms in total. The van der Waals surface area contributed by atoms with Crippen molar-refractivity contribution in [3.8, 4) is 0 Å². The quantitative estimate of drug-likeness (QED) is 0.677. The summed E-state index contributed by atoms with van der Waals surface area (Å²) in [6, 6.07) is 10.4. The lowest BCUT2D eigenvalue weighted by atomic mass is 10.1. The van der Waals surface area contributed by atoms with E-state index < -0.39 is 5.76 Å². The number of aromatic amines is 1. The van der Waals surface area contributed by atoms with Gasteiger partial charge in [0.05, 0.1) is 5.52 Å². The van der Waals surface area contributed by atoms with Gasteiger partial charge >= 0.3 is 11.8 Å². The number of nitrogens with one attached hydrogen (secondary N) is 3. The molecular weight excluding hydrogens is 282 g/mol. The number of urea groups is 1. The molecule has 112 valence electrons. The van der Waals surface area contributed by atoms with Crippen molar-refractivity contribution in [3.63, 3.8) is 0 Å². The minimum atomic E-state index is -0.521. The number of anilines is 2. The molecule has 0 saturated carbocycles. The van der Waals surface area contributed by atoms with Crippen LogP contribution in [0.2, 0.25) is 0 Å². The van der Waals surface area contributed by atoms with Gasteiger partial charge in [-0.05, 0) is 43.2 Å². The number of rotatable bonds is 2. The molecule has 1 heterocycles. The average molecular weight is 297 g/mol. The Balaban J connectivity index is 1.77. The molecule has 3 rings (SSSR count). The number of amides is 2. The van der Waals surface area contributed by atoms with Gasteiger partial charge in [-0.2, -0.15) is 0 Å².